The van der Waals surface area contributed by atoms with E-state index in [2.05, 4.69) is 5.32 Å². The summed E-state index contributed by atoms with van der Waals surface area (Å²) in [7, 11) is -3.93. The Morgan fingerprint density at radius 2 is 1.75 bits per heavy atom. The van der Waals surface area contributed by atoms with E-state index in [1.54, 1.807) is 24.3 Å². The zero-order valence-electron chi connectivity index (χ0n) is 13.1. The molecule has 1 heterocycles. The van der Waals surface area contributed by atoms with E-state index >= 15 is 0 Å². The third kappa shape index (κ3) is 3.51. The molecule has 7 heteroatoms. The molecule has 0 unspecified atom stereocenters. The fourth-order valence-electron chi connectivity index (χ4n) is 2.46. The fraction of sp³-hybridized carbons (Fsp3) is 0.235. The van der Waals surface area contributed by atoms with Crippen LogP contribution in [0.1, 0.15) is 18.9 Å². The number of carbonyl (C=O) groups is 1. The summed E-state index contributed by atoms with van der Waals surface area (Å²) in [6.45, 7) is 2.36. The first kappa shape index (κ1) is 16.3. The SMILES string of the molecule is CCOc1ccc(S(=O)(=O)Oc2ccc3c(c2)CCC(=O)N3)cc1. The highest BCUT2D eigenvalue weighted by Gasteiger charge is 2.19. The van der Waals surface area contributed by atoms with E-state index in [1.807, 2.05) is 6.92 Å². The van der Waals surface area contributed by atoms with E-state index in [1.165, 1.54) is 18.2 Å². The third-order valence-corrected chi connectivity index (χ3v) is 4.86. The van der Waals surface area contributed by atoms with Crippen LogP contribution in [0.2, 0.25) is 0 Å². The number of rotatable bonds is 5. The van der Waals surface area contributed by atoms with Crippen LogP contribution in [0.3, 0.4) is 0 Å². The number of amides is 1. The van der Waals surface area contributed by atoms with Gasteiger partial charge in [0, 0.05) is 12.1 Å². The van der Waals surface area contributed by atoms with Crippen LogP contribution in [-0.4, -0.2) is 20.9 Å². The summed E-state index contributed by atoms with van der Waals surface area (Å²) in [5.41, 5.74) is 1.55. The van der Waals surface area contributed by atoms with Crippen molar-refractivity contribution >= 4 is 21.7 Å². The molecule has 0 aliphatic carbocycles. The number of hydrogen-bond acceptors (Lipinski definition) is 5. The van der Waals surface area contributed by atoms with Crippen molar-refractivity contribution in [3.8, 4) is 11.5 Å². The van der Waals surface area contributed by atoms with Crippen molar-refractivity contribution in [3.63, 3.8) is 0 Å². The minimum atomic E-state index is -3.93. The molecule has 6 nitrogen and oxygen atoms in total. The molecular weight excluding hydrogens is 330 g/mol. The highest BCUT2D eigenvalue weighted by Crippen LogP contribution is 2.28. The molecule has 0 saturated heterocycles. The Balaban J connectivity index is 1.80. The van der Waals surface area contributed by atoms with Crippen LogP contribution < -0.4 is 14.2 Å². The molecule has 126 valence electrons. The van der Waals surface area contributed by atoms with E-state index in [4.69, 9.17) is 8.92 Å². The second kappa shape index (κ2) is 6.52. The Bertz CT molecular complexity index is 859. The number of hydrogen-bond donors (Lipinski definition) is 1. The van der Waals surface area contributed by atoms with Crippen LogP contribution in [0.15, 0.2) is 47.4 Å². The lowest BCUT2D eigenvalue weighted by molar-refractivity contribution is -0.116. The van der Waals surface area contributed by atoms with Gasteiger partial charge in [0.1, 0.15) is 16.4 Å². The first-order valence-electron chi connectivity index (χ1n) is 7.58. The van der Waals surface area contributed by atoms with Crippen molar-refractivity contribution in [2.45, 2.75) is 24.7 Å². The van der Waals surface area contributed by atoms with E-state index < -0.39 is 10.1 Å². The van der Waals surface area contributed by atoms with E-state index in [9.17, 15) is 13.2 Å². The second-order valence-electron chi connectivity index (χ2n) is 5.31. The molecule has 2 aromatic rings. The maximum atomic E-state index is 12.4. The van der Waals surface area contributed by atoms with Crippen molar-refractivity contribution in [2.75, 3.05) is 11.9 Å². The standard InChI is InChI=1S/C17H17NO5S/c1-2-22-13-4-7-15(8-5-13)24(20,21)23-14-6-9-16-12(11-14)3-10-17(19)18-16/h4-9,11H,2-3,10H2,1H3,(H,18,19). The van der Waals surface area contributed by atoms with Gasteiger partial charge in [0.05, 0.1) is 6.61 Å². The van der Waals surface area contributed by atoms with Crippen molar-refractivity contribution in [2.24, 2.45) is 0 Å². The lowest BCUT2D eigenvalue weighted by Gasteiger charge is -2.17. The molecule has 1 aliphatic heterocycles. The third-order valence-electron chi connectivity index (χ3n) is 3.60. The number of anilines is 1. The van der Waals surface area contributed by atoms with Gasteiger partial charge < -0.3 is 14.2 Å². The van der Waals surface area contributed by atoms with E-state index in [0.717, 1.165) is 5.56 Å². The topological polar surface area (TPSA) is 81.7 Å². The fourth-order valence-corrected chi connectivity index (χ4v) is 3.38. The summed E-state index contributed by atoms with van der Waals surface area (Å²) in [6.07, 6.45) is 0.934. The molecule has 3 rings (SSSR count). The summed E-state index contributed by atoms with van der Waals surface area (Å²) in [6, 6.07) is 10.9. The Kier molecular flexibility index (Phi) is 4.44. The first-order valence-corrected chi connectivity index (χ1v) is 8.99. The molecule has 0 bridgehead atoms. The second-order valence-corrected chi connectivity index (χ2v) is 6.86. The van der Waals surface area contributed by atoms with Gasteiger partial charge >= 0.3 is 10.1 Å². The van der Waals surface area contributed by atoms with Crippen LogP contribution in [0, 0.1) is 0 Å². The summed E-state index contributed by atoms with van der Waals surface area (Å²) in [5, 5.41) is 2.74. The van der Waals surface area contributed by atoms with Gasteiger partial charge in [-0.15, -0.1) is 0 Å². The number of nitrogens with one attached hydrogen (secondary N) is 1. The average molecular weight is 347 g/mol. The zero-order valence-corrected chi connectivity index (χ0v) is 13.9. The van der Waals surface area contributed by atoms with Gasteiger partial charge in [-0.3, -0.25) is 4.79 Å². The summed E-state index contributed by atoms with van der Waals surface area (Å²) in [5.74, 6) is 0.776. The highest BCUT2D eigenvalue weighted by molar-refractivity contribution is 7.87. The quantitative estimate of drug-likeness (QED) is 0.841. The minimum absolute atomic E-state index is 0.0434. The van der Waals surface area contributed by atoms with Gasteiger partial charge in [-0.2, -0.15) is 8.42 Å². The molecule has 1 N–H and O–H groups in total. The van der Waals surface area contributed by atoms with Crippen LogP contribution in [0.25, 0.3) is 0 Å². The summed E-state index contributed by atoms with van der Waals surface area (Å²) < 4.78 is 35.2. The maximum Gasteiger partial charge on any atom is 0.339 e. The normalized spacial score (nSPS) is 13.8. The van der Waals surface area contributed by atoms with Crippen molar-refractivity contribution in [1.29, 1.82) is 0 Å². The number of benzene rings is 2. The summed E-state index contributed by atoms with van der Waals surface area (Å²) in [4.78, 5) is 11.4. The van der Waals surface area contributed by atoms with Crippen molar-refractivity contribution < 1.29 is 22.1 Å². The van der Waals surface area contributed by atoms with Crippen LogP contribution in [0.4, 0.5) is 5.69 Å². The molecule has 0 saturated carbocycles. The lowest BCUT2D eigenvalue weighted by Crippen LogP contribution is -2.19. The molecular formula is C17H17NO5S. The molecule has 0 spiro atoms. The van der Waals surface area contributed by atoms with Crippen LogP contribution in [0.5, 0.6) is 11.5 Å². The monoisotopic (exact) mass is 347 g/mol. The van der Waals surface area contributed by atoms with E-state index in [-0.39, 0.29) is 16.6 Å². The molecule has 0 aromatic heterocycles. The molecule has 0 fully saturated rings. The van der Waals surface area contributed by atoms with Crippen molar-refractivity contribution in [1.82, 2.24) is 0 Å². The predicted molar refractivity (Wildman–Crippen MR) is 88.8 cm³/mol. The average Bonchev–Trinajstić information content (AvgIpc) is 2.55. The van der Waals surface area contributed by atoms with E-state index in [0.29, 0.717) is 30.9 Å². The number of carbonyl (C=O) groups excluding carboxylic acids is 1. The lowest BCUT2D eigenvalue weighted by atomic mass is 10.0. The molecule has 2 aromatic carbocycles. The molecule has 24 heavy (non-hydrogen) atoms. The smallest absolute Gasteiger partial charge is 0.339 e. The highest BCUT2D eigenvalue weighted by atomic mass is 32.2. The van der Waals surface area contributed by atoms with Gasteiger partial charge in [0.25, 0.3) is 0 Å². The zero-order chi connectivity index (χ0) is 17.2. The number of ether oxygens (including phenoxy) is 1. The predicted octanol–water partition coefficient (Wildman–Crippen LogP) is 2.74. The van der Waals surface area contributed by atoms with Gasteiger partial charge in [-0.25, -0.2) is 0 Å². The van der Waals surface area contributed by atoms with Gasteiger partial charge in [-0.05, 0) is 61.4 Å². The van der Waals surface area contributed by atoms with Crippen molar-refractivity contribution in [3.05, 3.63) is 48.0 Å². The summed E-state index contributed by atoms with van der Waals surface area (Å²) >= 11 is 0. The number of fused-ring (bicyclic) bond motifs is 1. The molecule has 0 radical (unpaired) electrons. The Labute approximate surface area is 140 Å². The molecule has 0 atom stereocenters. The Morgan fingerprint density at radius 1 is 1.04 bits per heavy atom. The minimum Gasteiger partial charge on any atom is -0.494 e. The largest absolute Gasteiger partial charge is 0.494 e. The maximum absolute atomic E-state index is 12.4. The number of aryl methyl sites for hydroxylation is 1. The molecule has 1 aliphatic rings. The van der Waals surface area contributed by atoms with Gasteiger partial charge in [0.15, 0.2) is 0 Å². The Hall–Kier alpha value is -2.54. The molecule has 1 amide bonds. The van der Waals surface area contributed by atoms with Gasteiger partial charge in [-0.1, -0.05) is 0 Å². The van der Waals surface area contributed by atoms with Gasteiger partial charge in [0.2, 0.25) is 5.91 Å². The first-order chi connectivity index (χ1) is 11.5. The Morgan fingerprint density at radius 3 is 2.46 bits per heavy atom. The van der Waals surface area contributed by atoms with Crippen LogP contribution >= 0.6 is 0 Å². The van der Waals surface area contributed by atoms with Crippen LogP contribution in [-0.2, 0) is 21.3 Å².